The van der Waals surface area contributed by atoms with Crippen molar-refractivity contribution < 1.29 is 9.59 Å². The smallest absolute Gasteiger partial charge is 0.243 e. The zero-order valence-electron chi connectivity index (χ0n) is 16.6. The second kappa shape index (κ2) is 10.3. The van der Waals surface area contributed by atoms with E-state index in [9.17, 15) is 9.59 Å². The van der Waals surface area contributed by atoms with E-state index < -0.39 is 0 Å². The number of para-hydroxylation sites is 1. The first-order valence-electron chi connectivity index (χ1n) is 9.87. The minimum absolute atomic E-state index is 0.0587. The van der Waals surface area contributed by atoms with E-state index >= 15 is 0 Å². The minimum Gasteiger partial charge on any atom is -0.382 e. The molecule has 0 atom stereocenters. The Morgan fingerprint density at radius 1 is 1.03 bits per heavy atom. The van der Waals surface area contributed by atoms with Crippen LogP contribution < -0.4 is 16.0 Å². The molecule has 7 heteroatoms. The van der Waals surface area contributed by atoms with Crippen LogP contribution in [0.1, 0.15) is 18.4 Å². The molecule has 2 aromatic carbocycles. The monoisotopic (exact) mass is 414 g/mol. The zero-order valence-corrected chi connectivity index (χ0v) is 17.3. The highest BCUT2D eigenvalue weighted by atomic mass is 35.5. The van der Waals surface area contributed by atoms with Crippen LogP contribution in [-0.2, 0) is 9.59 Å². The molecule has 3 rings (SSSR count). The van der Waals surface area contributed by atoms with Gasteiger partial charge in [-0.25, -0.2) is 0 Å². The number of benzene rings is 2. The molecule has 2 amide bonds. The van der Waals surface area contributed by atoms with E-state index in [1.54, 1.807) is 18.2 Å². The molecule has 29 heavy (non-hydrogen) atoms. The lowest BCUT2D eigenvalue weighted by Gasteiger charge is -2.32. The molecule has 0 saturated carbocycles. The number of hydrogen-bond donors (Lipinski definition) is 3. The molecule has 1 heterocycles. The molecule has 0 radical (unpaired) electrons. The third-order valence-electron chi connectivity index (χ3n) is 5.09. The van der Waals surface area contributed by atoms with E-state index in [0.717, 1.165) is 37.2 Å². The molecule has 0 aromatic heterocycles. The number of likely N-dealkylation sites (tertiary alicyclic amines) is 1. The fraction of sp³-hybridized carbons (Fsp3) is 0.364. The Labute approximate surface area is 176 Å². The molecule has 3 N–H and O–H groups in total. The number of carbonyl (C=O) groups excluding carboxylic acids is 2. The summed E-state index contributed by atoms with van der Waals surface area (Å²) < 4.78 is 0. The summed E-state index contributed by atoms with van der Waals surface area (Å²) in [6.07, 6.45) is 1.97. The summed E-state index contributed by atoms with van der Waals surface area (Å²) in [6, 6.07) is 15.9. The largest absolute Gasteiger partial charge is 0.382 e. The Bertz CT molecular complexity index is 836. The van der Waals surface area contributed by atoms with E-state index in [-0.39, 0.29) is 18.4 Å². The van der Waals surface area contributed by atoms with Crippen molar-refractivity contribution in [2.24, 2.45) is 0 Å². The van der Waals surface area contributed by atoms with Crippen LogP contribution in [0.5, 0.6) is 0 Å². The van der Waals surface area contributed by atoms with Crippen molar-refractivity contribution in [3.63, 3.8) is 0 Å². The van der Waals surface area contributed by atoms with Gasteiger partial charge in [-0.15, -0.1) is 0 Å². The zero-order chi connectivity index (χ0) is 20.6. The highest BCUT2D eigenvalue weighted by molar-refractivity contribution is 6.31. The van der Waals surface area contributed by atoms with E-state index in [4.69, 9.17) is 11.6 Å². The van der Waals surface area contributed by atoms with Crippen molar-refractivity contribution in [3.05, 3.63) is 59.1 Å². The van der Waals surface area contributed by atoms with E-state index in [1.807, 2.05) is 25.1 Å². The van der Waals surface area contributed by atoms with Crippen molar-refractivity contribution in [1.29, 1.82) is 0 Å². The van der Waals surface area contributed by atoms with Crippen LogP contribution in [-0.4, -0.2) is 48.9 Å². The van der Waals surface area contributed by atoms with Crippen LogP contribution in [0.25, 0.3) is 0 Å². The van der Waals surface area contributed by atoms with Crippen LogP contribution in [0.2, 0.25) is 5.02 Å². The van der Waals surface area contributed by atoms with Gasteiger partial charge in [0.2, 0.25) is 11.8 Å². The molecule has 1 aliphatic heterocycles. The van der Waals surface area contributed by atoms with Crippen molar-refractivity contribution in [1.82, 2.24) is 10.2 Å². The van der Waals surface area contributed by atoms with E-state index in [2.05, 4.69) is 33.0 Å². The molecule has 0 bridgehead atoms. The number of halogens is 1. The van der Waals surface area contributed by atoms with Gasteiger partial charge in [0.25, 0.3) is 0 Å². The lowest BCUT2D eigenvalue weighted by molar-refractivity contribution is -0.125. The number of rotatable bonds is 7. The van der Waals surface area contributed by atoms with Gasteiger partial charge in [-0.2, -0.15) is 0 Å². The van der Waals surface area contributed by atoms with Gasteiger partial charge in [0.15, 0.2) is 0 Å². The van der Waals surface area contributed by atoms with Crippen molar-refractivity contribution in [2.75, 3.05) is 36.8 Å². The normalized spacial score (nSPS) is 15.0. The van der Waals surface area contributed by atoms with Gasteiger partial charge in [-0.05, 0) is 49.6 Å². The van der Waals surface area contributed by atoms with Gasteiger partial charge in [0.05, 0.1) is 13.1 Å². The summed E-state index contributed by atoms with van der Waals surface area (Å²) in [7, 11) is 0. The van der Waals surface area contributed by atoms with Crippen molar-refractivity contribution >= 4 is 34.8 Å². The average molecular weight is 415 g/mol. The fourth-order valence-corrected chi connectivity index (χ4v) is 3.56. The standard InChI is InChI=1S/C22H27ClN4O2/c1-16-19(23)8-5-9-20(16)26-21(28)14-24-22(29)15-27-12-10-18(11-13-27)25-17-6-3-2-4-7-17/h2-9,18,25H,10-15H2,1H3,(H,24,29)(H,26,28). The lowest BCUT2D eigenvalue weighted by Crippen LogP contribution is -2.45. The van der Waals surface area contributed by atoms with Gasteiger partial charge in [-0.3, -0.25) is 14.5 Å². The first-order valence-corrected chi connectivity index (χ1v) is 10.2. The Balaban J connectivity index is 1.36. The van der Waals surface area contributed by atoms with Gasteiger partial charge in [0.1, 0.15) is 0 Å². The third-order valence-corrected chi connectivity index (χ3v) is 5.50. The maximum absolute atomic E-state index is 12.2. The minimum atomic E-state index is -0.269. The number of amides is 2. The third kappa shape index (κ3) is 6.48. The first kappa shape index (κ1) is 21.1. The molecule has 0 spiro atoms. The molecule has 6 nitrogen and oxygen atoms in total. The predicted molar refractivity (Wildman–Crippen MR) is 117 cm³/mol. The van der Waals surface area contributed by atoms with Crippen LogP contribution in [0, 0.1) is 6.92 Å². The van der Waals surface area contributed by atoms with Crippen LogP contribution >= 0.6 is 11.6 Å². The lowest BCUT2D eigenvalue weighted by atomic mass is 10.0. The summed E-state index contributed by atoms with van der Waals surface area (Å²) in [5.41, 5.74) is 2.59. The molecular formula is C22H27ClN4O2. The van der Waals surface area contributed by atoms with Crippen molar-refractivity contribution in [2.45, 2.75) is 25.8 Å². The molecule has 1 fully saturated rings. The number of nitrogens with one attached hydrogen (secondary N) is 3. The first-order chi connectivity index (χ1) is 14.0. The van der Waals surface area contributed by atoms with Crippen LogP contribution in [0.15, 0.2) is 48.5 Å². The topological polar surface area (TPSA) is 73.5 Å². The molecule has 0 unspecified atom stereocenters. The fourth-order valence-electron chi connectivity index (χ4n) is 3.38. The summed E-state index contributed by atoms with van der Waals surface area (Å²) in [4.78, 5) is 26.4. The number of piperidine rings is 1. The molecule has 154 valence electrons. The maximum Gasteiger partial charge on any atom is 0.243 e. The van der Waals surface area contributed by atoms with Gasteiger partial charge in [-0.1, -0.05) is 35.9 Å². The average Bonchev–Trinajstić information content (AvgIpc) is 2.72. The molecule has 1 aliphatic rings. The number of anilines is 2. The number of hydrogen-bond acceptors (Lipinski definition) is 4. The molecule has 0 aliphatic carbocycles. The Morgan fingerprint density at radius 2 is 1.76 bits per heavy atom. The summed E-state index contributed by atoms with van der Waals surface area (Å²) in [6.45, 7) is 3.79. The second-order valence-corrected chi connectivity index (χ2v) is 7.71. The second-order valence-electron chi connectivity index (χ2n) is 7.30. The highest BCUT2D eigenvalue weighted by Crippen LogP contribution is 2.22. The number of nitrogens with zero attached hydrogens (tertiary/aromatic N) is 1. The summed E-state index contributed by atoms with van der Waals surface area (Å²) in [5.74, 6) is -0.410. The van der Waals surface area contributed by atoms with Crippen LogP contribution in [0.4, 0.5) is 11.4 Å². The van der Waals surface area contributed by atoms with Crippen molar-refractivity contribution in [3.8, 4) is 0 Å². The van der Waals surface area contributed by atoms with E-state index in [0.29, 0.717) is 23.3 Å². The summed E-state index contributed by atoms with van der Waals surface area (Å²) in [5, 5.41) is 9.60. The SMILES string of the molecule is Cc1c(Cl)cccc1NC(=O)CNC(=O)CN1CCC(Nc2ccccc2)CC1. The molecule has 1 saturated heterocycles. The number of carbonyl (C=O) groups is 2. The quantitative estimate of drug-likeness (QED) is 0.650. The van der Waals surface area contributed by atoms with E-state index in [1.165, 1.54) is 0 Å². The van der Waals surface area contributed by atoms with Gasteiger partial charge in [0, 0.05) is 35.5 Å². The Kier molecular flexibility index (Phi) is 7.49. The Hall–Kier alpha value is -2.57. The Morgan fingerprint density at radius 3 is 2.48 bits per heavy atom. The van der Waals surface area contributed by atoms with Gasteiger partial charge >= 0.3 is 0 Å². The predicted octanol–water partition coefficient (Wildman–Crippen LogP) is 3.28. The van der Waals surface area contributed by atoms with Crippen LogP contribution in [0.3, 0.4) is 0 Å². The summed E-state index contributed by atoms with van der Waals surface area (Å²) >= 11 is 6.06. The van der Waals surface area contributed by atoms with Gasteiger partial charge < -0.3 is 16.0 Å². The molecule has 2 aromatic rings. The highest BCUT2D eigenvalue weighted by Gasteiger charge is 2.21. The molecular weight excluding hydrogens is 388 g/mol. The maximum atomic E-state index is 12.2.